The van der Waals surface area contributed by atoms with Crippen LogP contribution in [0.15, 0.2) is 48.5 Å². The lowest BCUT2D eigenvalue weighted by Gasteiger charge is -2.09. The molecule has 3 N–H and O–H groups in total. The van der Waals surface area contributed by atoms with Crippen LogP contribution in [-0.2, 0) is 4.79 Å². The van der Waals surface area contributed by atoms with Gasteiger partial charge in [-0.1, -0.05) is 37.1 Å². The van der Waals surface area contributed by atoms with E-state index in [9.17, 15) is 4.79 Å². The molecule has 1 amide bonds. The number of benzene rings is 2. The summed E-state index contributed by atoms with van der Waals surface area (Å²) in [5.74, 6) is 0.0568. The van der Waals surface area contributed by atoms with Crippen LogP contribution in [-0.4, -0.2) is 17.4 Å². The summed E-state index contributed by atoms with van der Waals surface area (Å²) in [7, 11) is 0. The van der Waals surface area contributed by atoms with Crippen molar-refractivity contribution in [2.24, 2.45) is 5.73 Å². The Balaban J connectivity index is 0.00000243. The summed E-state index contributed by atoms with van der Waals surface area (Å²) in [6.07, 6.45) is 4.60. The molecule has 26 heavy (non-hydrogen) atoms. The summed E-state index contributed by atoms with van der Waals surface area (Å²) in [5.41, 5.74) is 8.28. The van der Waals surface area contributed by atoms with Gasteiger partial charge in [-0.2, -0.15) is 0 Å². The third kappa shape index (κ3) is 5.27. The number of para-hydroxylation sites is 2. The Kier molecular flexibility index (Phi) is 8.04. The molecule has 0 spiro atoms. The predicted octanol–water partition coefficient (Wildman–Crippen LogP) is 5.23. The molecular weight excluding hydrogens is 366 g/mol. The summed E-state index contributed by atoms with van der Waals surface area (Å²) in [4.78, 5) is 17.0. The van der Waals surface area contributed by atoms with E-state index in [2.05, 4.69) is 11.4 Å². The molecule has 3 rings (SSSR count). The molecule has 0 aliphatic carbocycles. The molecule has 0 saturated carbocycles. The van der Waals surface area contributed by atoms with E-state index in [-0.39, 0.29) is 18.3 Å². The number of nitrogens with one attached hydrogen (secondary N) is 1. The molecule has 0 atom stereocenters. The van der Waals surface area contributed by atoms with Crippen molar-refractivity contribution in [3.05, 3.63) is 48.5 Å². The highest BCUT2D eigenvalue weighted by Crippen LogP contribution is 2.34. The molecule has 138 valence electrons. The van der Waals surface area contributed by atoms with Crippen LogP contribution in [0.1, 0.15) is 32.1 Å². The third-order valence-electron chi connectivity index (χ3n) is 4.08. The molecule has 4 nitrogen and oxygen atoms in total. The van der Waals surface area contributed by atoms with Gasteiger partial charge in [0, 0.05) is 12.0 Å². The standard InChI is InChI=1S/C20H23N3OS.ClH/c21-14-8-2-1-3-13-19(24)22-16-10-5-4-9-15(16)20-23-17-11-6-7-12-18(17)25-20;/h4-7,9-12H,1-3,8,13-14,21H2,(H,22,24);1H. The number of aromatic nitrogens is 1. The monoisotopic (exact) mass is 389 g/mol. The van der Waals surface area contributed by atoms with Gasteiger partial charge < -0.3 is 11.1 Å². The lowest BCUT2D eigenvalue weighted by Crippen LogP contribution is -2.11. The number of fused-ring (bicyclic) bond motifs is 1. The van der Waals surface area contributed by atoms with Gasteiger partial charge in [0.05, 0.1) is 15.9 Å². The first kappa shape index (κ1) is 20.4. The Morgan fingerprint density at radius 3 is 2.54 bits per heavy atom. The summed E-state index contributed by atoms with van der Waals surface area (Å²) in [6.45, 7) is 0.724. The summed E-state index contributed by atoms with van der Waals surface area (Å²) < 4.78 is 1.15. The highest BCUT2D eigenvalue weighted by atomic mass is 35.5. The molecule has 6 heteroatoms. The van der Waals surface area contributed by atoms with E-state index >= 15 is 0 Å². The van der Waals surface area contributed by atoms with Crippen LogP contribution >= 0.6 is 23.7 Å². The number of thiazole rings is 1. The van der Waals surface area contributed by atoms with Crippen molar-refractivity contribution in [1.29, 1.82) is 0 Å². The zero-order chi connectivity index (χ0) is 17.5. The summed E-state index contributed by atoms with van der Waals surface area (Å²) in [6, 6.07) is 15.9. The van der Waals surface area contributed by atoms with Gasteiger partial charge in [-0.05, 0) is 43.7 Å². The number of anilines is 1. The highest BCUT2D eigenvalue weighted by molar-refractivity contribution is 7.21. The van der Waals surface area contributed by atoms with E-state index < -0.39 is 0 Å². The Hall–Kier alpha value is -1.95. The number of carbonyl (C=O) groups excluding carboxylic acids is 1. The number of amides is 1. The van der Waals surface area contributed by atoms with Crippen LogP contribution in [0.5, 0.6) is 0 Å². The minimum absolute atomic E-state index is 0. The van der Waals surface area contributed by atoms with Crippen molar-refractivity contribution >= 4 is 45.6 Å². The largest absolute Gasteiger partial charge is 0.330 e. The molecule has 1 heterocycles. The number of hydrogen-bond donors (Lipinski definition) is 2. The molecule has 1 aromatic heterocycles. The van der Waals surface area contributed by atoms with Crippen LogP contribution in [0.4, 0.5) is 5.69 Å². The lowest BCUT2D eigenvalue weighted by atomic mass is 10.1. The molecule has 0 bridgehead atoms. The van der Waals surface area contributed by atoms with Gasteiger partial charge in [-0.25, -0.2) is 4.98 Å². The van der Waals surface area contributed by atoms with E-state index in [4.69, 9.17) is 10.7 Å². The van der Waals surface area contributed by atoms with Gasteiger partial charge in [0.25, 0.3) is 0 Å². The van der Waals surface area contributed by atoms with E-state index in [1.165, 1.54) is 0 Å². The zero-order valence-electron chi connectivity index (χ0n) is 14.6. The molecule has 3 aromatic rings. The number of hydrogen-bond acceptors (Lipinski definition) is 4. The maximum absolute atomic E-state index is 12.2. The Morgan fingerprint density at radius 2 is 1.73 bits per heavy atom. The van der Waals surface area contributed by atoms with Crippen LogP contribution in [0, 0.1) is 0 Å². The van der Waals surface area contributed by atoms with Crippen molar-refractivity contribution in [1.82, 2.24) is 4.98 Å². The molecule has 2 aromatic carbocycles. The normalized spacial score (nSPS) is 10.5. The second-order valence-corrected chi connectivity index (χ2v) is 7.06. The highest BCUT2D eigenvalue weighted by Gasteiger charge is 2.12. The Bertz CT molecular complexity index is 817. The molecule has 0 aliphatic rings. The van der Waals surface area contributed by atoms with E-state index in [0.29, 0.717) is 6.42 Å². The molecule has 0 saturated heterocycles. The predicted molar refractivity (Wildman–Crippen MR) is 113 cm³/mol. The smallest absolute Gasteiger partial charge is 0.224 e. The number of rotatable bonds is 8. The quantitative estimate of drug-likeness (QED) is 0.518. The minimum atomic E-state index is 0. The van der Waals surface area contributed by atoms with Crippen LogP contribution < -0.4 is 11.1 Å². The van der Waals surface area contributed by atoms with Crippen molar-refractivity contribution in [3.63, 3.8) is 0 Å². The number of nitrogens with zero attached hydrogens (tertiary/aromatic N) is 1. The van der Waals surface area contributed by atoms with E-state index in [0.717, 1.165) is 58.7 Å². The second kappa shape index (κ2) is 10.3. The van der Waals surface area contributed by atoms with Crippen molar-refractivity contribution in [2.75, 3.05) is 11.9 Å². The van der Waals surface area contributed by atoms with Gasteiger partial charge in [-0.15, -0.1) is 23.7 Å². The van der Waals surface area contributed by atoms with Gasteiger partial charge >= 0.3 is 0 Å². The topological polar surface area (TPSA) is 68.0 Å². The first-order valence-electron chi connectivity index (χ1n) is 8.73. The van der Waals surface area contributed by atoms with Gasteiger partial charge in [0.15, 0.2) is 0 Å². The average Bonchev–Trinajstić information content (AvgIpc) is 3.06. The average molecular weight is 390 g/mol. The van der Waals surface area contributed by atoms with Gasteiger partial charge in [-0.3, -0.25) is 4.79 Å². The number of halogens is 1. The first-order chi connectivity index (χ1) is 12.3. The lowest BCUT2D eigenvalue weighted by molar-refractivity contribution is -0.116. The number of carbonyl (C=O) groups is 1. The first-order valence-corrected chi connectivity index (χ1v) is 9.54. The Labute approximate surface area is 164 Å². The fourth-order valence-corrected chi connectivity index (χ4v) is 3.77. The molecule has 0 unspecified atom stereocenters. The van der Waals surface area contributed by atoms with Crippen molar-refractivity contribution in [3.8, 4) is 10.6 Å². The molecule has 0 radical (unpaired) electrons. The zero-order valence-corrected chi connectivity index (χ0v) is 16.2. The fraction of sp³-hybridized carbons (Fsp3) is 0.300. The van der Waals surface area contributed by atoms with Crippen molar-refractivity contribution < 1.29 is 4.79 Å². The van der Waals surface area contributed by atoms with Crippen LogP contribution in [0.3, 0.4) is 0 Å². The van der Waals surface area contributed by atoms with E-state index in [1.54, 1.807) is 11.3 Å². The maximum Gasteiger partial charge on any atom is 0.224 e. The second-order valence-electron chi connectivity index (χ2n) is 6.03. The summed E-state index contributed by atoms with van der Waals surface area (Å²) in [5, 5.41) is 3.98. The van der Waals surface area contributed by atoms with Crippen LogP contribution in [0.25, 0.3) is 20.8 Å². The molecular formula is C20H24ClN3OS. The molecule has 0 aliphatic heterocycles. The number of nitrogens with two attached hydrogens (primary N) is 1. The Morgan fingerprint density at radius 1 is 1.00 bits per heavy atom. The summed E-state index contributed by atoms with van der Waals surface area (Å²) >= 11 is 1.64. The van der Waals surface area contributed by atoms with Crippen molar-refractivity contribution in [2.45, 2.75) is 32.1 Å². The fourth-order valence-electron chi connectivity index (χ4n) is 2.76. The minimum Gasteiger partial charge on any atom is -0.330 e. The third-order valence-corrected chi connectivity index (χ3v) is 5.15. The SMILES string of the molecule is Cl.NCCCCCCC(=O)Nc1ccccc1-c1nc2ccccc2s1. The maximum atomic E-state index is 12.2. The van der Waals surface area contributed by atoms with Gasteiger partial charge in [0.1, 0.15) is 5.01 Å². The van der Waals surface area contributed by atoms with Gasteiger partial charge in [0.2, 0.25) is 5.91 Å². The number of unbranched alkanes of at least 4 members (excludes halogenated alkanes) is 3. The van der Waals surface area contributed by atoms with Crippen LogP contribution in [0.2, 0.25) is 0 Å². The van der Waals surface area contributed by atoms with E-state index in [1.807, 2.05) is 42.5 Å². The molecule has 0 fully saturated rings.